The number of alkyl halides is 1. The average molecular weight is 308 g/mol. The third-order valence-corrected chi connectivity index (χ3v) is 7.63. The highest BCUT2D eigenvalue weighted by Crippen LogP contribution is 2.32. The summed E-state index contributed by atoms with van der Waals surface area (Å²) in [6.07, 6.45) is 2.04. The van der Waals surface area contributed by atoms with Crippen LogP contribution in [0.3, 0.4) is 0 Å². The van der Waals surface area contributed by atoms with Crippen molar-refractivity contribution in [2.45, 2.75) is 42.8 Å². The molecule has 0 bridgehead atoms. The Balaban J connectivity index is 2.30. The van der Waals surface area contributed by atoms with Gasteiger partial charge in [-0.1, -0.05) is 6.92 Å². The van der Waals surface area contributed by atoms with E-state index in [1.807, 2.05) is 6.92 Å². The first-order valence-electron chi connectivity index (χ1n) is 6.13. The van der Waals surface area contributed by atoms with Gasteiger partial charge >= 0.3 is 0 Å². The molecule has 0 aromatic carbocycles. The molecule has 1 fully saturated rings. The van der Waals surface area contributed by atoms with E-state index in [0.717, 1.165) is 17.7 Å². The minimum Gasteiger partial charge on any atom is -0.206 e. The number of nitrogens with zero attached hydrogens (tertiary/aromatic N) is 1. The Bertz CT molecular complexity index is 512. The predicted octanol–water partition coefficient (Wildman–Crippen LogP) is 3.30. The number of hydrogen-bond acceptors (Lipinski definition) is 3. The Morgan fingerprint density at radius 1 is 1.44 bits per heavy atom. The molecule has 1 saturated heterocycles. The third-order valence-electron chi connectivity index (χ3n) is 3.65. The Morgan fingerprint density at radius 3 is 2.78 bits per heavy atom. The zero-order valence-corrected chi connectivity index (χ0v) is 13.0. The quantitative estimate of drug-likeness (QED) is 0.804. The van der Waals surface area contributed by atoms with Gasteiger partial charge in [0.15, 0.2) is 0 Å². The average Bonchev–Trinajstić information content (AvgIpc) is 2.81. The van der Waals surface area contributed by atoms with Crippen LogP contribution < -0.4 is 0 Å². The van der Waals surface area contributed by atoms with E-state index in [-0.39, 0.29) is 6.04 Å². The second-order valence-electron chi connectivity index (χ2n) is 4.83. The zero-order valence-electron chi connectivity index (χ0n) is 10.6. The maximum Gasteiger partial charge on any atom is 0.252 e. The first-order chi connectivity index (χ1) is 8.46. The van der Waals surface area contributed by atoms with Crippen molar-refractivity contribution >= 4 is 33.0 Å². The fraction of sp³-hybridized carbons (Fsp3) is 0.667. The fourth-order valence-electron chi connectivity index (χ4n) is 2.32. The highest BCUT2D eigenvalue weighted by atomic mass is 35.5. The van der Waals surface area contributed by atoms with Crippen molar-refractivity contribution in [2.75, 3.05) is 6.54 Å². The molecule has 1 aromatic rings. The van der Waals surface area contributed by atoms with Gasteiger partial charge in [-0.05, 0) is 37.8 Å². The summed E-state index contributed by atoms with van der Waals surface area (Å²) in [5.41, 5.74) is 0. The number of piperidine rings is 1. The Hall–Kier alpha value is -0.100. The van der Waals surface area contributed by atoms with E-state index in [0.29, 0.717) is 22.6 Å². The van der Waals surface area contributed by atoms with E-state index < -0.39 is 10.0 Å². The van der Waals surface area contributed by atoms with Crippen LogP contribution >= 0.6 is 22.9 Å². The van der Waals surface area contributed by atoms with Gasteiger partial charge in [-0.3, -0.25) is 0 Å². The van der Waals surface area contributed by atoms with Crippen molar-refractivity contribution < 1.29 is 8.42 Å². The highest BCUT2D eigenvalue weighted by Gasteiger charge is 2.35. The molecule has 0 amide bonds. The first-order valence-corrected chi connectivity index (χ1v) is 8.92. The van der Waals surface area contributed by atoms with Crippen LogP contribution in [0, 0.1) is 5.92 Å². The Morgan fingerprint density at radius 2 is 2.17 bits per heavy atom. The van der Waals surface area contributed by atoms with Crippen LogP contribution in [0.4, 0.5) is 0 Å². The molecule has 3 nitrogen and oxygen atoms in total. The van der Waals surface area contributed by atoms with Crippen molar-refractivity contribution in [1.82, 2.24) is 4.31 Å². The second-order valence-corrected chi connectivity index (χ2v) is 8.38. The summed E-state index contributed by atoms with van der Waals surface area (Å²) in [5, 5.41) is 0. The fourth-order valence-corrected chi connectivity index (χ4v) is 5.67. The molecule has 18 heavy (non-hydrogen) atoms. The molecule has 0 aliphatic carbocycles. The molecule has 6 heteroatoms. The van der Waals surface area contributed by atoms with Gasteiger partial charge in [0.2, 0.25) is 0 Å². The minimum absolute atomic E-state index is 0.0744. The Kier molecular flexibility index (Phi) is 4.36. The van der Waals surface area contributed by atoms with Crippen molar-refractivity contribution in [3.8, 4) is 0 Å². The summed E-state index contributed by atoms with van der Waals surface area (Å²) in [5.74, 6) is 0.785. The molecular formula is C12H18ClNO2S2. The van der Waals surface area contributed by atoms with Crippen LogP contribution in [0.2, 0.25) is 0 Å². The predicted molar refractivity (Wildman–Crippen MR) is 75.6 cm³/mol. The van der Waals surface area contributed by atoms with Crippen LogP contribution in [0.1, 0.15) is 31.6 Å². The molecule has 2 rings (SSSR count). The summed E-state index contributed by atoms with van der Waals surface area (Å²) in [7, 11) is -3.34. The second kappa shape index (κ2) is 5.49. The minimum atomic E-state index is -3.34. The van der Waals surface area contributed by atoms with Crippen LogP contribution in [0.15, 0.2) is 16.3 Å². The van der Waals surface area contributed by atoms with E-state index in [4.69, 9.17) is 11.6 Å². The lowest BCUT2D eigenvalue weighted by Gasteiger charge is -2.36. The van der Waals surface area contributed by atoms with Crippen molar-refractivity contribution in [3.05, 3.63) is 17.0 Å². The molecule has 0 N–H and O–H groups in total. The third kappa shape index (κ3) is 2.59. The smallest absolute Gasteiger partial charge is 0.206 e. The molecule has 1 aliphatic rings. The molecule has 2 atom stereocenters. The van der Waals surface area contributed by atoms with Gasteiger partial charge < -0.3 is 0 Å². The number of rotatable bonds is 3. The van der Waals surface area contributed by atoms with Gasteiger partial charge in [0.05, 0.1) is 5.88 Å². The monoisotopic (exact) mass is 307 g/mol. The number of sulfonamides is 1. The lowest BCUT2D eigenvalue weighted by Crippen LogP contribution is -2.45. The molecule has 1 aliphatic heterocycles. The van der Waals surface area contributed by atoms with Gasteiger partial charge in [-0.25, -0.2) is 8.42 Å². The summed E-state index contributed by atoms with van der Waals surface area (Å²) >= 11 is 7.01. The number of hydrogen-bond donors (Lipinski definition) is 0. The van der Waals surface area contributed by atoms with Crippen molar-refractivity contribution in [1.29, 1.82) is 0 Å². The van der Waals surface area contributed by atoms with E-state index in [1.54, 1.807) is 16.4 Å². The maximum atomic E-state index is 12.6. The largest absolute Gasteiger partial charge is 0.252 e. The van der Waals surface area contributed by atoms with Gasteiger partial charge in [-0.2, -0.15) is 4.31 Å². The van der Waals surface area contributed by atoms with Crippen LogP contribution in [-0.4, -0.2) is 25.3 Å². The lowest BCUT2D eigenvalue weighted by molar-refractivity contribution is 0.202. The topological polar surface area (TPSA) is 37.4 Å². The zero-order chi connectivity index (χ0) is 13.3. The molecule has 2 heterocycles. The normalized spacial score (nSPS) is 26.4. The van der Waals surface area contributed by atoms with Gasteiger partial charge in [0.25, 0.3) is 10.0 Å². The standard InChI is InChI=1S/C12H18ClNO2S2/c1-9-4-3-7-14(10(9)2)18(15,16)12-6-5-11(8-13)17-12/h5-6,9-10H,3-4,7-8H2,1-2H3. The molecule has 2 unspecified atom stereocenters. The first kappa shape index (κ1) is 14.3. The van der Waals surface area contributed by atoms with Gasteiger partial charge in [0.1, 0.15) is 4.21 Å². The molecule has 0 spiro atoms. The van der Waals surface area contributed by atoms with Crippen LogP contribution in [0.5, 0.6) is 0 Å². The van der Waals surface area contributed by atoms with Crippen molar-refractivity contribution in [3.63, 3.8) is 0 Å². The Labute approximate surface area is 118 Å². The summed E-state index contributed by atoms with van der Waals surface area (Å²) in [4.78, 5) is 0.896. The van der Waals surface area contributed by atoms with E-state index in [9.17, 15) is 8.42 Å². The molecular weight excluding hydrogens is 290 g/mol. The molecule has 0 saturated carbocycles. The summed E-state index contributed by atoms with van der Waals surface area (Å²) in [6.45, 7) is 4.74. The molecule has 1 aromatic heterocycles. The summed E-state index contributed by atoms with van der Waals surface area (Å²) in [6, 6.07) is 3.54. The van der Waals surface area contributed by atoms with Gasteiger partial charge in [0, 0.05) is 17.5 Å². The van der Waals surface area contributed by atoms with Gasteiger partial charge in [-0.15, -0.1) is 22.9 Å². The van der Waals surface area contributed by atoms with E-state index >= 15 is 0 Å². The number of thiophene rings is 1. The molecule has 0 radical (unpaired) electrons. The lowest BCUT2D eigenvalue weighted by atomic mass is 9.94. The summed E-state index contributed by atoms with van der Waals surface area (Å²) < 4.78 is 27.2. The highest BCUT2D eigenvalue weighted by molar-refractivity contribution is 7.91. The van der Waals surface area contributed by atoms with Crippen molar-refractivity contribution in [2.24, 2.45) is 5.92 Å². The van der Waals surface area contributed by atoms with Crippen LogP contribution in [-0.2, 0) is 15.9 Å². The van der Waals surface area contributed by atoms with E-state index in [2.05, 4.69) is 6.92 Å². The van der Waals surface area contributed by atoms with Crippen LogP contribution in [0.25, 0.3) is 0 Å². The molecule has 102 valence electrons. The SMILES string of the molecule is CC1CCCN(S(=O)(=O)c2ccc(CCl)s2)C1C. The number of halogens is 1. The maximum absolute atomic E-state index is 12.6. The van der Waals surface area contributed by atoms with E-state index in [1.165, 1.54) is 11.3 Å².